The van der Waals surface area contributed by atoms with Crippen molar-refractivity contribution in [1.29, 1.82) is 0 Å². The van der Waals surface area contributed by atoms with E-state index in [4.69, 9.17) is 0 Å². The number of hydrogen-bond donors (Lipinski definition) is 1. The predicted octanol–water partition coefficient (Wildman–Crippen LogP) is 0.535. The van der Waals surface area contributed by atoms with Crippen LogP contribution in [0.15, 0.2) is 0 Å². The number of sulfone groups is 1. The van der Waals surface area contributed by atoms with Gasteiger partial charge in [0, 0.05) is 13.2 Å². The van der Waals surface area contributed by atoms with Gasteiger partial charge in [0.2, 0.25) is 0 Å². The largest absolute Gasteiger partial charge is 0.420 e. The van der Waals surface area contributed by atoms with Gasteiger partial charge in [-0.2, -0.15) is 13.2 Å². The third kappa shape index (κ3) is 2.70. The van der Waals surface area contributed by atoms with E-state index >= 15 is 0 Å². The molecule has 0 aromatic rings. The number of halogens is 3. The van der Waals surface area contributed by atoms with Gasteiger partial charge in [-0.05, 0) is 13.3 Å². The molecule has 0 aliphatic carbocycles. The lowest BCUT2D eigenvalue weighted by Gasteiger charge is -2.49. The van der Waals surface area contributed by atoms with E-state index in [9.17, 15) is 26.4 Å². The zero-order valence-electron chi connectivity index (χ0n) is 11.6. The molecule has 0 saturated carbocycles. The quantitative estimate of drug-likeness (QED) is 0.802. The molecule has 6 nitrogen and oxygen atoms in total. The van der Waals surface area contributed by atoms with E-state index in [1.54, 1.807) is 0 Å². The first-order chi connectivity index (χ1) is 9.52. The van der Waals surface area contributed by atoms with Crippen LogP contribution in [0, 0.1) is 0 Å². The summed E-state index contributed by atoms with van der Waals surface area (Å²) in [6, 6.07) is -1.26. The predicted molar refractivity (Wildman–Crippen MR) is 67.6 cm³/mol. The molecule has 0 radical (unpaired) electrons. The molecule has 21 heavy (non-hydrogen) atoms. The third-order valence-corrected chi connectivity index (χ3v) is 6.51. The lowest BCUT2D eigenvalue weighted by atomic mass is 9.93. The van der Waals surface area contributed by atoms with Crippen LogP contribution in [0.3, 0.4) is 0 Å². The summed E-state index contributed by atoms with van der Waals surface area (Å²) in [5.41, 5.74) is -2.32. The van der Waals surface area contributed by atoms with Crippen LogP contribution >= 0.6 is 0 Å². The van der Waals surface area contributed by atoms with E-state index in [0.717, 1.165) is 12.0 Å². The number of carbonyl (C=O) groups excluding carboxylic acids is 1. The summed E-state index contributed by atoms with van der Waals surface area (Å²) in [4.78, 5) is 12.8. The number of nitrogens with zero attached hydrogens (tertiary/aromatic N) is 1. The number of nitrogens with one attached hydrogen (secondary N) is 1. The highest BCUT2D eigenvalue weighted by Crippen LogP contribution is 2.40. The van der Waals surface area contributed by atoms with Crippen molar-refractivity contribution in [2.24, 2.45) is 0 Å². The molecule has 2 atom stereocenters. The van der Waals surface area contributed by atoms with Crippen LogP contribution in [-0.2, 0) is 14.6 Å². The summed E-state index contributed by atoms with van der Waals surface area (Å²) in [6.07, 6.45) is -4.28. The molecule has 2 saturated heterocycles. The second-order valence-electron chi connectivity index (χ2n) is 5.47. The Kier molecular flexibility index (Phi) is 3.90. The van der Waals surface area contributed by atoms with Crippen LogP contribution in [-0.4, -0.2) is 68.4 Å². The highest BCUT2D eigenvalue weighted by Gasteiger charge is 2.64. The van der Waals surface area contributed by atoms with Crippen LogP contribution in [0.2, 0.25) is 0 Å². The minimum atomic E-state index is -4.55. The van der Waals surface area contributed by atoms with Gasteiger partial charge in [-0.25, -0.2) is 13.2 Å². The van der Waals surface area contributed by atoms with Crippen LogP contribution in [0.1, 0.15) is 13.3 Å². The van der Waals surface area contributed by atoms with E-state index in [1.165, 1.54) is 6.92 Å². The number of ether oxygens (including phenoxy) is 1. The number of amides is 2. The van der Waals surface area contributed by atoms with Gasteiger partial charge in [-0.15, -0.1) is 0 Å². The maximum atomic E-state index is 12.8. The van der Waals surface area contributed by atoms with E-state index < -0.39 is 52.0 Å². The number of urea groups is 1. The van der Waals surface area contributed by atoms with E-state index in [0.29, 0.717) is 0 Å². The molecule has 0 spiro atoms. The molecule has 2 aliphatic rings. The van der Waals surface area contributed by atoms with Crippen molar-refractivity contribution in [2.45, 2.75) is 36.4 Å². The molecule has 0 aromatic carbocycles. The Hall–Kier alpha value is -1.03. The second-order valence-corrected chi connectivity index (χ2v) is 7.95. The Balaban J connectivity index is 1.93. The maximum absolute atomic E-state index is 12.8. The van der Waals surface area contributed by atoms with Gasteiger partial charge in [-0.1, -0.05) is 0 Å². The molecule has 2 amide bonds. The number of rotatable bonds is 2. The Labute approximate surface area is 120 Å². The summed E-state index contributed by atoms with van der Waals surface area (Å²) in [5.74, 6) is -0.0241. The van der Waals surface area contributed by atoms with Gasteiger partial charge >= 0.3 is 12.2 Å². The lowest BCUT2D eigenvalue weighted by molar-refractivity contribution is -0.303. The summed E-state index contributed by atoms with van der Waals surface area (Å²) in [5, 5.41) is 1.76. The zero-order valence-corrected chi connectivity index (χ0v) is 12.4. The normalized spacial score (nSPS) is 30.8. The SMILES string of the molecule is COC1(C(F)(F)F)CN(C(=O)N[C@@H]2CCS(=O)(=O)[C@@H]2C)C1. The van der Waals surface area contributed by atoms with Crippen molar-refractivity contribution in [3.63, 3.8) is 0 Å². The Morgan fingerprint density at radius 1 is 1.38 bits per heavy atom. The molecular weight excluding hydrogens is 313 g/mol. The molecule has 2 heterocycles. The summed E-state index contributed by atoms with van der Waals surface area (Å²) < 4.78 is 66.0. The number of methoxy groups -OCH3 is 1. The van der Waals surface area contributed by atoms with Gasteiger partial charge in [0.15, 0.2) is 15.4 Å². The average molecular weight is 330 g/mol. The van der Waals surface area contributed by atoms with Gasteiger partial charge in [-0.3, -0.25) is 0 Å². The second kappa shape index (κ2) is 5.01. The number of alkyl halides is 3. The topological polar surface area (TPSA) is 75.7 Å². The monoisotopic (exact) mass is 330 g/mol. The number of likely N-dealkylation sites (tertiary alicyclic amines) is 1. The minimum absolute atomic E-state index is 0.0241. The van der Waals surface area contributed by atoms with Crippen molar-refractivity contribution in [3.05, 3.63) is 0 Å². The van der Waals surface area contributed by atoms with Gasteiger partial charge in [0.05, 0.1) is 24.1 Å². The summed E-state index contributed by atoms with van der Waals surface area (Å²) in [6.45, 7) is 0.303. The first-order valence-corrected chi connectivity index (χ1v) is 8.13. The van der Waals surface area contributed by atoms with Crippen molar-refractivity contribution in [2.75, 3.05) is 26.0 Å². The summed E-state index contributed by atoms with van der Waals surface area (Å²) in [7, 11) is -2.27. The van der Waals surface area contributed by atoms with E-state index in [1.807, 2.05) is 0 Å². The van der Waals surface area contributed by atoms with Crippen LogP contribution in [0.4, 0.5) is 18.0 Å². The maximum Gasteiger partial charge on any atom is 0.420 e. The fourth-order valence-electron chi connectivity index (χ4n) is 2.54. The molecule has 2 fully saturated rings. The van der Waals surface area contributed by atoms with Gasteiger partial charge < -0.3 is 15.0 Å². The molecule has 122 valence electrons. The van der Waals surface area contributed by atoms with Crippen LogP contribution in [0.25, 0.3) is 0 Å². The Morgan fingerprint density at radius 2 is 1.95 bits per heavy atom. The van der Waals surface area contributed by atoms with Crippen molar-refractivity contribution < 1.29 is 31.1 Å². The van der Waals surface area contributed by atoms with Crippen molar-refractivity contribution in [3.8, 4) is 0 Å². The van der Waals surface area contributed by atoms with Gasteiger partial charge in [0.25, 0.3) is 0 Å². The van der Waals surface area contributed by atoms with Crippen molar-refractivity contribution >= 4 is 15.9 Å². The molecule has 0 bridgehead atoms. The molecular formula is C11H17F3N2O4S. The lowest BCUT2D eigenvalue weighted by Crippen LogP contribution is -2.72. The standard InChI is InChI=1S/C11H17F3N2O4S/c1-7-8(3-4-21(7,18)19)15-9(17)16-5-10(6-16,20-2)11(12,13)14/h7-8H,3-6H2,1-2H3,(H,15,17)/t7-,8-/m1/s1. The Bertz CT molecular complexity index is 528. The fraction of sp³-hybridized carbons (Fsp3) is 0.909. The van der Waals surface area contributed by atoms with Gasteiger partial charge in [0.1, 0.15) is 0 Å². The van der Waals surface area contributed by atoms with Crippen LogP contribution < -0.4 is 5.32 Å². The average Bonchev–Trinajstić information content (AvgIpc) is 2.54. The minimum Gasteiger partial charge on any atom is -0.365 e. The zero-order chi connectivity index (χ0) is 16.1. The molecule has 1 N–H and O–H groups in total. The molecule has 10 heteroatoms. The number of hydrogen-bond acceptors (Lipinski definition) is 4. The molecule has 0 aromatic heterocycles. The highest BCUT2D eigenvalue weighted by atomic mass is 32.2. The Morgan fingerprint density at radius 3 is 2.33 bits per heavy atom. The molecule has 2 rings (SSSR count). The number of carbonyl (C=O) groups is 1. The highest BCUT2D eigenvalue weighted by molar-refractivity contribution is 7.92. The summed E-state index contributed by atoms with van der Waals surface area (Å²) >= 11 is 0. The van der Waals surface area contributed by atoms with E-state index in [2.05, 4.69) is 10.1 Å². The fourth-order valence-corrected chi connectivity index (χ4v) is 4.20. The smallest absolute Gasteiger partial charge is 0.365 e. The first kappa shape index (κ1) is 16.3. The van der Waals surface area contributed by atoms with Crippen molar-refractivity contribution in [1.82, 2.24) is 10.2 Å². The van der Waals surface area contributed by atoms with Crippen LogP contribution in [0.5, 0.6) is 0 Å². The first-order valence-electron chi connectivity index (χ1n) is 6.41. The third-order valence-electron chi connectivity index (χ3n) is 4.24. The molecule has 2 aliphatic heterocycles. The molecule has 0 unspecified atom stereocenters. The van der Waals surface area contributed by atoms with E-state index in [-0.39, 0.29) is 12.2 Å².